The maximum atomic E-state index is 4.61. The Kier molecular flexibility index (Phi) is 3.82. The van der Waals surface area contributed by atoms with Gasteiger partial charge in [0.15, 0.2) is 0 Å². The quantitative estimate of drug-likeness (QED) is 0.836. The number of nitrogens with zero attached hydrogens (tertiary/aromatic N) is 2. The van der Waals surface area contributed by atoms with E-state index in [1.54, 1.807) is 0 Å². The van der Waals surface area contributed by atoms with Crippen molar-refractivity contribution in [1.29, 1.82) is 0 Å². The number of H-pyrrole nitrogens is 1. The lowest BCUT2D eigenvalue weighted by atomic mass is 10.2. The molecule has 0 unspecified atom stereocenters. The highest BCUT2D eigenvalue weighted by Gasteiger charge is 2.06. The van der Waals surface area contributed by atoms with Crippen LogP contribution in [-0.2, 0) is 6.54 Å². The van der Waals surface area contributed by atoms with Crippen LogP contribution in [0.3, 0.4) is 0 Å². The van der Waals surface area contributed by atoms with Gasteiger partial charge in [-0.1, -0.05) is 17.7 Å². The number of allylic oxidation sites excluding steroid dienone is 1. The van der Waals surface area contributed by atoms with E-state index in [0.717, 1.165) is 29.9 Å². The van der Waals surface area contributed by atoms with Crippen LogP contribution in [0, 0.1) is 6.92 Å². The van der Waals surface area contributed by atoms with Crippen LogP contribution in [-0.4, -0.2) is 28.5 Å². The molecule has 0 radical (unpaired) electrons. The molecule has 0 atom stereocenters. The van der Waals surface area contributed by atoms with E-state index in [9.17, 15) is 0 Å². The lowest BCUT2D eigenvalue weighted by Gasteiger charge is -2.14. The molecule has 0 aliphatic rings. The van der Waals surface area contributed by atoms with E-state index < -0.39 is 0 Å². The summed E-state index contributed by atoms with van der Waals surface area (Å²) >= 11 is 0. The Hall–Kier alpha value is -1.61. The van der Waals surface area contributed by atoms with E-state index in [4.69, 9.17) is 0 Å². The van der Waals surface area contributed by atoms with Gasteiger partial charge in [-0.15, -0.1) is 0 Å². The highest BCUT2D eigenvalue weighted by Crippen LogP contribution is 2.14. The SMILES string of the molecule is CC=C(C)CN(C)Cc1nc2ccc(C)cc2[nH]1. The van der Waals surface area contributed by atoms with E-state index in [0.29, 0.717) is 0 Å². The summed E-state index contributed by atoms with van der Waals surface area (Å²) in [4.78, 5) is 10.3. The lowest BCUT2D eigenvalue weighted by molar-refractivity contribution is 0.347. The van der Waals surface area contributed by atoms with Crippen LogP contribution in [0.25, 0.3) is 11.0 Å². The monoisotopic (exact) mass is 243 g/mol. The zero-order valence-corrected chi connectivity index (χ0v) is 11.6. The predicted molar refractivity (Wildman–Crippen MR) is 76.6 cm³/mol. The number of nitrogens with one attached hydrogen (secondary N) is 1. The predicted octanol–water partition coefficient (Wildman–Crippen LogP) is 3.27. The minimum absolute atomic E-state index is 0.846. The van der Waals surface area contributed by atoms with Crippen molar-refractivity contribution >= 4 is 11.0 Å². The topological polar surface area (TPSA) is 31.9 Å². The third-order valence-electron chi connectivity index (χ3n) is 3.12. The van der Waals surface area contributed by atoms with E-state index in [-0.39, 0.29) is 0 Å². The van der Waals surface area contributed by atoms with Crippen molar-refractivity contribution in [3.8, 4) is 0 Å². The number of aromatic amines is 1. The van der Waals surface area contributed by atoms with Gasteiger partial charge in [0.2, 0.25) is 0 Å². The summed E-state index contributed by atoms with van der Waals surface area (Å²) in [5.41, 5.74) is 4.81. The van der Waals surface area contributed by atoms with Crippen molar-refractivity contribution in [1.82, 2.24) is 14.9 Å². The fraction of sp³-hybridized carbons (Fsp3) is 0.400. The van der Waals surface area contributed by atoms with Crippen molar-refractivity contribution in [2.75, 3.05) is 13.6 Å². The number of aromatic nitrogens is 2. The first-order chi connectivity index (χ1) is 8.58. The maximum Gasteiger partial charge on any atom is 0.121 e. The molecule has 1 heterocycles. The van der Waals surface area contributed by atoms with Crippen LogP contribution in [0.4, 0.5) is 0 Å². The third-order valence-corrected chi connectivity index (χ3v) is 3.12. The standard InChI is InChI=1S/C15H21N3/c1-5-11(2)9-18(4)10-15-16-13-7-6-12(3)8-14(13)17-15/h5-8H,9-10H2,1-4H3,(H,16,17). The Labute approximate surface area is 109 Å². The zero-order chi connectivity index (χ0) is 13.1. The summed E-state index contributed by atoms with van der Waals surface area (Å²) in [6.07, 6.45) is 2.15. The molecule has 0 saturated carbocycles. The Morgan fingerprint density at radius 1 is 1.44 bits per heavy atom. The summed E-state index contributed by atoms with van der Waals surface area (Å²) in [7, 11) is 2.12. The van der Waals surface area contributed by atoms with Crippen molar-refractivity contribution in [3.63, 3.8) is 0 Å². The second-order valence-corrected chi connectivity index (χ2v) is 5.01. The first-order valence-corrected chi connectivity index (χ1v) is 6.34. The fourth-order valence-corrected chi connectivity index (χ4v) is 2.08. The first kappa shape index (κ1) is 12.8. The van der Waals surface area contributed by atoms with Gasteiger partial charge in [-0.2, -0.15) is 0 Å². The summed E-state index contributed by atoms with van der Waals surface area (Å²) in [5, 5.41) is 0. The van der Waals surface area contributed by atoms with Gasteiger partial charge >= 0.3 is 0 Å². The van der Waals surface area contributed by atoms with Crippen molar-refractivity contribution in [2.24, 2.45) is 0 Å². The molecule has 96 valence electrons. The molecule has 2 rings (SSSR count). The molecule has 0 spiro atoms. The van der Waals surface area contributed by atoms with Gasteiger partial charge in [0, 0.05) is 6.54 Å². The minimum atomic E-state index is 0.846. The average molecular weight is 243 g/mol. The van der Waals surface area contributed by atoms with Crippen LogP contribution < -0.4 is 0 Å². The molecule has 1 aromatic carbocycles. The van der Waals surface area contributed by atoms with Crippen molar-refractivity contribution in [2.45, 2.75) is 27.3 Å². The van der Waals surface area contributed by atoms with Crippen LogP contribution in [0.1, 0.15) is 25.2 Å². The van der Waals surface area contributed by atoms with Gasteiger partial charge in [0.05, 0.1) is 17.6 Å². The van der Waals surface area contributed by atoms with Gasteiger partial charge in [-0.3, -0.25) is 4.90 Å². The first-order valence-electron chi connectivity index (χ1n) is 6.34. The second kappa shape index (κ2) is 5.36. The highest BCUT2D eigenvalue weighted by molar-refractivity contribution is 5.75. The number of hydrogen-bond acceptors (Lipinski definition) is 2. The molecule has 0 saturated heterocycles. The molecular formula is C15H21N3. The molecule has 3 heteroatoms. The molecule has 3 nitrogen and oxygen atoms in total. The van der Waals surface area contributed by atoms with Gasteiger partial charge in [0.25, 0.3) is 0 Å². The van der Waals surface area contributed by atoms with Crippen LogP contribution >= 0.6 is 0 Å². The highest BCUT2D eigenvalue weighted by atomic mass is 15.1. The van der Waals surface area contributed by atoms with Crippen LogP contribution in [0.15, 0.2) is 29.8 Å². The Bertz CT molecular complexity index is 566. The smallest absolute Gasteiger partial charge is 0.121 e. The van der Waals surface area contributed by atoms with Crippen molar-refractivity contribution < 1.29 is 0 Å². The number of benzene rings is 1. The van der Waals surface area contributed by atoms with E-state index in [1.807, 2.05) is 0 Å². The van der Waals surface area contributed by atoms with E-state index in [2.05, 4.69) is 67.0 Å². The summed E-state index contributed by atoms with van der Waals surface area (Å²) in [6, 6.07) is 6.31. The molecule has 0 fully saturated rings. The largest absolute Gasteiger partial charge is 0.341 e. The van der Waals surface area contributed by atoms with Crippen LogP contribution in [0.2, 0.25) is 0 Å². The second-order valence-electron chi connectivity index (χ2n) is 5.01. The average Bonchev–Trinajstić information content (AvgIpc) is 2.69. The molecule has 1 N–H and O–H groups in total. The number of imidazole rings is 1. The number of fused-ring (bicyclic) bond motifs is 1. The molecule has 0 amide bonds. The van der Waals surface area contributed by atoms with Gasteiger partial charge in [-0.25, -0.2) is 4.98 Å². The number of aryl methyl sites for hydroxylation is 1. The summed E-state index contributed by atoms with van der Waals surface area (Å²) in [5.74, 6) is 1.03. The summed E-state index contributed by atoms with van der Waals surface area (Å²) < 4.78 is 0. The molecule has 1 aromatic heterocycles. The maximum absolute atomic E-state index is 4.61. The molecule has 18 heavy (non-hydrogen) atoms. The zero-order valence-electron chi connectivity index (χ0n) is 11.6. The normalized spacial score (nSPS) is 12.6. The Morgan fingerprint density at radius 3 is 2.94 bits per heavy atom. The minimum Gasteiger partial charge on any atom is -0.341 e. The number of likely N-dealkylation sites (N-methyl/N-ethyl adjacent to an activating group) is 1. The van der Waals surface area contributed by atoms with E-state index in [1.165, 1.54) is 11.1 Å². The fourth-order valence-electron chi connectivity index (χ4n) is 2.08. The number of rotatable bonds is 4. The molecular weight excluding hydrogens is 222 g/mol. The molecule has 2 aromatic rings. The van der Waals surface area contributed by atoms with Gasteiger partial charge in [-0.05, 0) is 45.5 Å². The molecule has 0 bridgehead atoms. The van der Waals surface area contributed by atoms with Crippen molar-refractivity contribution in [3.05, 3.63) is 41.2 Å². The van der Waals surface area contributed by atoms with Crippen LogP contribution in [0.5, 0.6) is 0 Å². The summed E-state index contributed by atoms with van der Waals surface area (Å²) in [6.45, 7) is 8.15. The Morgan fingerprint density at radius 2 is 2.22 bits per heavy atom. The lowest BCUT2D eigenvalue weighted by Crippen LogP contribution is -2.20. The van der Waals surface area contributed by atoms with Gasteiger partial charge < -0.3 is 4.98 Å². The Balaban J connectivity index is 2.12. The molecule has 0 aliphatic heterocycles. The van der Waals surface area contributed by atoms with E-state index >= 15 is 0 Å². The third kappa shape index (κ3) is 2.99. The van der Waals surface area contributed by atoms with Gasteiger partial charge in [0.1, 0.15) is 5.82 Å². The molecule has 0 aliphatic carbocycles. The number of hydrogen-bond donors (Lipinski definition) is 1.